The molecule has 0 radical (unpaired) electrons. The Bertz CT molecular complexity index is 1010. The smallest absolute Gasteiger partial charge is 0.184 e. The molecule has 0 spiro atoms. The van der Waals surface area contributed by atoms with Crippen molar-refractivity contribution in [2.45, 2.75) is 182 Å². The molecule has 12 atom stereocenters. The van der Waals surface area contributed by atoms with Crippen LogP contribution in [-0.4, -0.2) is 58.2 Å². The summed E-state index contributed by atoms with van der Waals surface area (Å²) < 4.78 is 27.9. The monoisotopic (exact) mass is 710 g/mol. The lowest BCUT2D eigenvalue weighted by Crippen LogP contribution is -2.64. The van der Waals surface area contributed by atoms with Crippen molar-refractivity contribution in [2.75, 3.05) is 6.61 Å². The Morgan fingerprint density at radius 2 is 1.26 bits per heavy atom. The first-order chi connectivity index (χ1) is 20.8. The van der Waals surface area contributed by atoms with Crippen LogP contribution in [0, 0.1) is 52.3 Å². The number of rotatable bonds is 13. The summed E-state index contributed by atoms with van der Waals surface area (Å²) in [5, 5.41) is 0. The van der Waals surface area contributed by atoms with E-state index in [1.165, 1.54) is 57.8 Å². The highest BCUT2D eigenvalue weighted by molar-refractivity contribution is 6.70. The van der Waals surface area contributed by atoms with Crippen molar-refractivity contribution in [3.8, 4) is 0 Å². The molecule has 0 aromatic rings. The van der Waals surface area contributed by atoms with Gasteiger partial charge in [-0.15, -0.1) is 0 Å². The predicted octanol–water partition coefficient (Wildman–Crippen LogP) is 11.4. The van der Waals surface area contributed by atoms with Gasteiger partial charge in [-0.1, -0.05) is 34.1 Å². The Kier molecular flexibility index (Phi) is 12.0. The number of hydrogen-bond acceptors (Lipinski definition) is 4. The summed E-state index contributed by atoms with van der Waals surface area (Å²) in [6, 6.07) is 0. The Labute approximate surface area is 291 Å². The molecule has 0 bridgehead atoms. The summed E-state index contributed by atoms with van der Waals surface area (Å²) in [5.74, 6) is 4.81. The maximum atomic E-state index is 7.45. The zero-order chi connectivity index (χ0) is 34.7. The summed E-state index contributed by atoms with van der Waals surface area (Å²) in [4.78, 5) is 0. The van der Waals surface area contributed by atoms with E-state index < -0.39 is 33.3 Å². The van der Waals surface area contributed by atoms with Gasteiger partial charge in [0.2, 0.25) is 0 Å². The predicted molar refractivity (Wildman–Crippen MR) is 207 cm³/mol. The maximum absolute atomic E-state index is 7.45. The molecule has 0 saturated heterocycles. The van der Waals surface area contributed by atoms with Crippen molar-refractivity contribution in [3.05, 3.63) is 0 Å². The highest BCUT2D eigenvalue weighted by Gasteiger charge is 2.67. The lowest BCUT2D eigenvalue weighted by molar-refractivity contribution is -0.199. The highest BCUT2D eigenvalue weighted by Crippen LogP contribution is 2.69. The molecule has 4 saturated carbocycles. The van der Waals surface area contributed by atoms with Gasteiger partial charge >= 0.3 is 0 Å². The minimum absolute atomic E-state index is 0.224. The zero-order valence-corrected chi connectivity index (χ0v) is 37.5. The molecule has 0 aromatic carbocycles. The molecule has 0 N–H and O–H groups in total. The molecule has 46 heavy (non-hydrogen) atoms. The summed E-state index contributed by atoms with van der Waals surface area (Å²) in [5.41, 5.74) is 0.586. The van der Waals surface area contributed by atoms with Gasteiger partial charge in [0, 0.05) is 18.8 Å². The van der Waals surface area contributed by atoms with Crippen LogP contribution in [0.15, 0.2) is 0 Å². The van der Waals surface area contributed by atoms with E-state index >= 15 is 0 Å². The third kappa shape index (κ3) is 9.32. The largest absolute Gasteiger partial charge is 0.417 e. The fourth-order valence-corrected chi connectivity index (χ4v) is 15.4. The van der Waals surface area contributed by atoms with E-state index in [0.29, 0.717) is 59.2 Å². The van der Waals surface area contributed by atoms with Crippen molar-refractivity contribution in [1.82, 2.24) is 0 Å². The van der Waals surface area contributed by atoms with Crippen LogP contribution in [0.5, 0.6) is 0 Å². The molecule has 4 aliphatic carbocycles. The highest BCUT2D eigenvalue weighted by atomic mass is 28.4. The standard InChI is InChI=1S/C38H78O4Si4/c1-27(26-39-43(5,6)7)17-18-28(2)31-19-20-32-36-33(25-35(38(31,32)4)42-46(14,15)16)37(3)22-21-30(40-44(8,9)10)23-29(37)24-34(36)41-45(11,12)13/h27-36H,17-26H2,1-16H3/t27?,28?,29-,30+,31?,32?,33?,34+,35-,36?,37?,38?/m0/s1. The molecule has 0 amide bonds. The van der Waals surface area contributed by atoms with Gasteiger partial charge in [0.05, 0.1) is 6.10 Å². The SMILES string of the molecule is CC(CCC(C)C1CCC2C3C(C[C@H](O[Si](C)(C)C)C12C)C1(C)CC[C@@H](O[Si](C)(C)C)C[C@H]1C[C@H]3O[Si](C)(C)C)CO[Si](C)(C)C. The van der Waals surface area contributed by atoms with Crippen LogP contribution >= 0.6 is 0 Å². The Morgan fingerprint density at radius 1 is 0.652 bits per heavy atom. The normalized spacial score (nSPS) is 40.2. The topological polar surface area (TPSA) is 36.9 Å². The van der Waals surface area contributed by atoms with Gasteiger partial charge in [0.15, 0.2) is 33.3 Å². The second kappa shape index (κ2) is 14.0. The zero-order valence-electron chi connectivity index (χ0n) is 33.5. The summed E-state index contributed by atoms with van der Waals surface area (Å²) >= 11 is 0. The van der Waals surface area contributed by atoms with E-state index in [2.05, 4.69) is 106 Å². The Balaban J connectivity index is 1.65. The maximum Gasteiger partial charge on any atom is 0.184 e. The van der Waals surface area contributed by atoms with E-state index in [-0.39, 0.29) is 5.41 Å². The third-order valence-corrected chi connectivity index (χ3v) is 17.0. The summed E-state index contributed by atoms with van der Waals surface area (Å²) in [6.07, 6.45) is 12.8. The number of hydrogen-bond donors (Lipinski definition) is 0. The first kappa shape index (κ1) is 39.5. The third-order valence-electron chi connectivity index (χ3n) is 12.9. The van der Waals surface area contributed by atoms with Crippen molar-refractivity contribution in [1.29, 1.82) is 0 Å². The molecular formula is C38H78O4Si4. The fraction of sp³-hybridized carbons (Fsp3) is 1.00. The molecule has 8 heteroatoms. The minimum atomic E-state index is -1.75. The van der Waals surface area contributed by atoms with Gasteiger partial charge < -0.3 is 17.7 Å². The molecule has 0 heterocycles. The second-order valence-corrected chi connectivity index (χ2v) is 39.1. The molecule has 4 rings (SSSR count). The van der Waals surface area contributed by atoms with Gasteiger partial charge in [-0.2, -0.15) is 0 Å². The van der Waals surface area contributed by atoms with Crippen LogP contribution in [0.25, 0.3) is 0 Å². The summed E-state index contributed by atoms with van der Waals surface area (Å²) in [7, 11) is -6.52. The molecule has 4 aliphatic rings. The molecule has 0 aliphatic heterocycles. The first-order valence-corrected chi connectivity index (χ1v) is 33.1. The lowest BCUT2D eigenvalue weighted by Gasteiger charge is -2.66. The van der Waals surface area contributed by atoms with Gasteiger partial charge in [-0.3, -0.25) is 0 Å². The summed E-state index contributed by atoms with van der Waals surface area (Å²) in [6.45, 7) is 40.0. The van der Waals surface area contributed by atoms with E-state index in [1.807, 2.05) is 0 Å². The first-order valence-electron chi connectivity index (χ1n) is 19.5. The van der Waals surface area contributed by atoms with Crippen LogP contribution in [0.2, 0.25) is 78.6 Å². The Hall–Kier alpha value is 0.708. The lowest BCUT2D eigenvalue weighted by atomic mass is 9.43. The quantitative estimate of drug-likeness (QED) is 0.178. The van der Waals surface area contributed by atoms with E-state index in [0.717, 1.165) is 12.5 Å². The second-order valence-electron chi connectivity index (χ2n) is 21.2. The van der Waals surface area contributed by atoms with E-state index in [9.17, 15) is 0 Å². The van der Waals surface area contributed by atoms with Crippen molar-refractivity contribution < 1.29 is 17.7 Å². The average Bonchev–Trinajstić information content (AvgIpc) is 3.22. The number of fused-ring (bicyclic) bond motifs is 5. The van der Waals surface area contributed by atoms with Crippen molar-refractivity contribution in [3.63, 3.8) is 0 Å². The van der Waals surface area contributed by atoms with E-state index in [4.69, 9.17) is 17.7 Å². The van der Waals surface area contributed by atoms with Crippen LogP contribution < -0.4 is 0 Å². The van der Waals surface area contributed by atoms with Crippen LogP contribution in [0.3, 0.4) is 0 Å². The molecule has 8 unspecified atom stereocenters. The van der Waals surface area contributed by atoms with E-state index in [1.54, 1.807) is 0 Å². The molecule has 0 aromatic heterocycles. The van der Waals surface area contributed by atoms with Gasteiger partial charge in [0.1, 0.15) is 0 Å². The van der Waals surface area contributed by atoms with Crippen molar-refractivity contribution in [2.24, 2.45) is 52.3 Å². The average molecular weight is 711 g/mol. The van der Waals surface area contributed by atoms with Gasteiger partial charge in [-0.25, -0.2) is 0 Å². The van der Waals surface area contributed by atoms with Crippen molar-refractivity contribution >= 4 is 33.3 Å². The van der Waals surface area contributed by atoms with Gasteiger partial charge in [-0.05, 0) is 182 Å². The fourth-order valence-electron chi connectivity index (χ4n) is 11.1. The minimum Gasteiger partial charge on any atom is -0.417 e. The molecule has 4 nitrogen and oxygen atoms in total. The molecular weight excluding hydrogens is 633 g/mol. The molecule has 270 valence electrons. The van der Waals surface area contributed by atoms with Crippen LogP contribution in [-0.2, 0) is 17.7 Å². The van der Waals surface area contributed by atoms with Gasteiger partial charge in [0.25, 0.3) is 0 Å². The van der Waals surface area contributed by atoms with Crippen LogP contribution in [0.1, 0.15) is 85.5 Å². The Morgan fingerprint density at radius 3 is 1.83 bits per heavy atom. The van der Waals surface area contributed by atoms with Crippen LogP contribution in [0.4, 0.5) is 0 Å². The molecule has 4 fully saturated rings.